The Morgan fingerprint density at radius 2 is 1.74 bits per heavy atom. The van der Waals surface area contributed by atoms with Gasteiger partial charge in [0.25, 0.3) is 0 Å². The molecule has 0 spiro atoms. The number of rotatable bonds is 7. The average molecular weight is 439 g/mol. The predicted octanol–water partition coefficient (Wildman–Crippen LogP) is 5.04. The van der Waals surface area contributed by atoms with Gasteiger partial charge in [0, 0.05) is 31.2 Å². The Hall–Kier alpha value is -3.06. The summed E-state index contributed by atoms with van der Waals surface area (Å²) in [6, 6.07) is 16.8. The summed E-state index contributed by atoms with van der Waals surface area (Å²) in [5.41, 5.74) is 4.17. The van der Waals surface area contributed by atoms with Crippen LogP contribution in [0.1, 0.15) is 42.6 Å². The van der Waals surface area contributed by atoms with E-state index in [4.69, 9.17) is 4.74 Å². The SMILES string of the molecule is CCS(=O)(=O)Nc1ccc(Oc2ccc(C3CC3)cc2)c(-c2ccc(C)[n+]([O-])c2C)c1. The average Bonchev–Trinajstić information content (AvgIpc) is 3.59. The van der Waals surface area contributed by atoms with Gasteiger partial charge >= 0.3 is 0 Å². The highest BCUT2D eigenvalue weighted by Crippen LogP contribution is 2.41. The Bertz CT molecular complexity index is 1220. The van der Waals surface area contributed by atoms with Crippen molar-refractivity contribution in [1.29, 1.82) is 0 Å². The molecule has 0 amide bonds. The standard InChI is InChI=1S/C24H26N2O4S/c1-4-31(28,29)25-20-10-14-24(30-21-11-8-19(9-12-21)18-6-7-18)23(15-20)22-13-5-16(2)26(27)17(22)3/h5,8-15,18,25H,4,6-7H2,1-3H3. The Morgan fingerprint density at radius 3 is 2.39 bits per heavy atom. The van der Waals surface area contributed by atoms with Crippen LogP contribution < -0.4 is 14.2 Å². The number of aromatic nitrogens is 1. The first-order valence-corrected chi connectivity index (χ1v) is 12.0. The molecule has 1 heterocycles. The monoisotopic (exact) mass is 438 g/mol. The van der Waals surface area contributed by atoms with Gasteiger partial charge in [-0.1, -0.05) is 12.1 Å². The summed E-state index contributed by atoms with van der Waals surface area (Å²) < 4.78 is 33.7. The van der Waals surface area contributed by atoms with E-state index in [1.165, 1.54) is 18.4 Å². The number of sulfonamides is 1. The number of aryl methyl sites for hydroxylation is 1. The second-order valence-electron chi connectivity index (χ2n) is 7.93. The summed E-state index contributed by atoms with van der Waals surface area (Å²) in [5, 5.41) is 12.5. The van der Waals surface area contributed by atoms with Crippen LogP contribution in [0, 0.1) is 19.1 Å². The molecule has 0 bridgehead atoms. The maximum Gasteiger partial charge on any atom is 0.232 e. The van der Waals surface area contributed by atoms with Gasteiger partial charge in [-0.25, -0.2) is 8.42 Å². The first kappa shape index (κ1) is 21.2. The highest BCUT2D eigenvalue weighted by atomic mass is 32.2. The Balaban J connectivity index is 1.75. The van der Waals surface area contributed by atoms with E-state index in [0.29, 0.717) is 45.6 Å². The molecule has 2 aromatic carbocycles. The first-order valence-electron chi connectivity index (χ1n) is 10.4. The summed E-state index contributed by atoms with van der Waals surface area (Å²) in [6.07, 6.45) is 2.47. The van der Waals surface area contributed by atoms with Crippen LogP contribution in [0.4, 0.5) is 5.69 Å². The number of pyridine rings is 1. The number of hydrogen-bond donors (Lipinski definition) is 1. The molecule has 0 atom stereocenters. The fourth-order valence-corrected chi connectivity index (χ4v) is 4.18. The highest BCUT2D eigenvalue weighted by Gasteiger charge is 2.23. The lowest BCUT2D eigenvalue weighted by Gasteiger charge is -2.16. The van der Waals surface area contributed by atoms with Gasteiger partial charge in [-0.2, -0.15) is 4.73 Å². The second kappa shape index (κ2) is 8.23. The molecule has 31 heavy (non-hydrogen) atoms. The maximum absolute atomic E-state index is 12.5. The molecule has 0 radical (unpaired) electrons. The van der Waals surface area contributed by atoms with Gasteiger partial charge in [0.15, 0.2) is 11.4 Å². The van der Waals surface area contributed by atoms with Crippen LogP contribution >= 0.6 is 0 Å². The Morgan fingerprint density at radius 1 is 1.03 bits per heavy atom. The molecule has 3 aromatic rings. The largest absolute Gasteiger partial charge is 0.618 e. The van der Waals surface area contributed by atoms with Crippen LogP contribution in [0.5, 0.6) is 11.5 Å². The fourth-order valence-electron chi connectivity index (χ4n) is 3.55. The Labute approximate surface area is 183 Å². The van der Waals surface area contributed by atoms with E-state index < -0.39 is 10.0 Å². The van der Waals surface area contributed by atoms with E-state index >= 15 is 0 Å². The minimum atomic E-state index is -3.43. The molecule has 1 saturated carbocycles. The van der Waals surface area contributed by atoms with Crippen molar-refractivity contribution in [3.63, 3.8) is 0 Å². The van der Waals surface area contributed by atoms with Crippen molar-refractivity contribution in [2.45, 2.75) is 39.5 Å². The number of nitrogens with zero attached hydrogens (tertiary/aromatic N) is 1. The molecule has 1 N–H and O–H groups in total. The van der Waals surface area contributed by atoms with Gasteiger partial charge in [-0.05, 0) is 67.6 Å². The molecule has 162 valence electrons. The van der Waals surface area contributed by atoms with Crippen molar-refractivity contribution < 1.29 is 17.9 Å². The van der Waals surface area contributed by atoms with Crippen LogP contribution in [-0.4, -0.2) is 14.2 Å². The molecule has 1 aliphatic rings. The molecule has 4 rings (SSSR count). The molecular weight excluding hydrogens is 412 g/mol. The van der Waals surface area contributed by atoms with Crippen LogP contribution in [0.25, 0.3) is 11.1 Å². The third-order valence-corrected chi connectivity index (χ3v) is 6.89. The summed E-state index contributed by atoms with van der Waals surface area (Å²) in [7, 11) is -3.43. The van der Waals surface area contributed by atoms with E-state index in [2.05, 4.69) is 16.9 Å². The molecule has 0 saturated heterocycles. The zero-order chi connectivity index (χ0) is 22.2. The first-order chi connectivity index (χ1) is 14.8. The molecule has 1 fully saturated rings. The summed E-state index contributed by atoms with van der Waals surface area (Å²) in [4.78, 5) is 0. The molecular formula is C24H26N2O4S. The smallest absolute Gasteiger partial charge is 0.232 e. The summed E-state index contributed by atoms with van der Waals surface area (Å²) in [6.45, 7) is 5.07. The lowest BCUT2D eigenvalue weighted by Crippen LogP contribution is -2.34. The second-order valence-corrected chi connectivity index (χ2v) is 9.94. The van der Waals surface area contributed by atoms with Gasteiger partial charge in [-0.3, -0.25) is 4.72 Å². The summed E-state index contributed by atoms with van der Waals surface area (Å²) >= 11 is 0. The van der Waals surface area contributed by atoms with Gasteiger partial charge in [0.1, 0.15) is 11.5 Å². The van der Waals surface area contributed by atoms with Crippen LogP contribution in [0.15, 0.2) is 54.6 Å². The molecule has 6 nitrogen and oxygen atoms in total. The van der Waals surface area contributed by atoms with Gasteiger partial charge in [0.05, 0.1) is 11.3 Å². The number of nitrogens with one attached hydrogen (secondary N) is 1. The fraction of sp³-hybridized carbons (Fsp3) is 0.292. The predicted molar refractivity (Wildman–Crippen MR) is 122 cm³/mol. The Kier molecular flexibility index (Phi) is 5.62. The minimum absolute atomic E-state index is 0.0297. The van der Waals surface area contributed by atoms with E-state index in [0.717, 1.165) is 4.73 Å². The van der Waals surface area contributed by atoms with Crippen molar-refractivity contribution in [3.8, 4) is 22.6 Å². The third-order valence-electron chi connectivity index (χ3n) is 5.59. The molecule has 7 heteroatoms. The quantitative estimate of drug-likeness (QED) is 0.414. The van der Waals surface area contributed by atoms with Crippen LogP contribution in [0.2, 0.25) is 0 Å². The third kappa shape index (κ3) is 4.66. The molecule has 1 aliphatic carbocycles. The van der Waals surface area contributed by atoms with Crippen LogP contribution in [-0.2, 0) is 10.0 Å². The summed E-state index contributed by atoms with van der Waals surface area (Å²) in [5.74, 6) is 1.87. The van der Waals surface area contributed by atoms with Crippen LogP contribution in [0.3, 0.4) is 0 Å². The number of anilines is 1. The molecule has 0 unspecified atom stereocenters. The zero-order valence-electron chi connectivity index (χ0n) is 17.9. The number of hydrogen-bond acceptors (Lipinski definition) is 4. The van der Waals surface area contributed by atoms with E-state index in [1.54, 1.807) is 45.0 Å². The number of benzene rings is 2. The van der Waals surface area contributed by atoms with E-state index in [-0.39, 0.29) is 5.75 Å². The minimum Gasteiger partial charge on any atom is -0.618 e. The zero-order valence-corrected chi connectivity index (χ0v) is 18.7. The van der Waals surface area contributed by atoms with Gasteiger partial charge in [0.2, 0.25) is 10.0 Å². The molecule has 0 aliphatic heterocycles. The van der Waals surface area contributed by atoms with Crippen molar-refractivity contribution in [2.24, 2.45) is 0 Å². The van der Waals surface area contributed by atoms with Crippen molar-refractivity contribution in [2.75, 3.05) is 10.5 Å². The van der Waals surface area contributed by atoms with Crippen molar-refractivity contribution in [3.05, 3.63) is 76.8 Å². The van der Waals surface area contributed by atoms with Crippen molar-refractivity contribution in [1.82, 2.24) is 0 Å². The normalized spacial score (nSPS) is 13.8. The highest BCUT2D eigenvalue weighted by molar-refractivity contribution is 7.92. The molecule has 1 aromatic heterocycles. The van der Waals surface area contributed by atoms with E-state index in [9.17, 15) is 13.6 Å². The van der Waals surface area contributed by atoms with Crippen molar-refractivity contribution >= 4 is 15.7 Å². The van der Waals surface area contributed by atoms with E-state index in [1.807, 2.05) is 18.2 Å². The number of ether oxygens (including phenoxy) is 1. The topological polar surface area (TPSA) is 82.3 Å². The lowest BCUT2D eigenvalue weighted by molar-refractivity contribution is -0.618. The maximum atomic E-state index is 12.5. The van der Waals surface area contributed by atoms with Gasteiger partial charge in [-0.15, -0.1) is 0 Å². The lowest BCUT2D eigenvalue weighted by atomic mass is 10.0. The van der Waals surface area contributed by atoms with Gasteiger partial charge < -0.3 is 9.94 Å².